The molecule has 0 heterocycles. The maximum Gasteiger partial charge on any atom is 0.320 e. The fraction of sp³-hybridized carbons (Fsp3) is 0.833. The minimum absolute atomic E-state index is 0.134. The first-order valence-electron chi connectivity index (χ1n) is 3.73. The van der Waals surface area contributed by atoms with Crippen molar-refractivity contribution in [3.63, 3.8) is 0 Å². The van der Waals surface area contributed by atoms with Gasteiger partial charge in [-0.05, 0) is 20.8 Å². The van der Waals surface area contributed by atoms with E-state index in [4.69, 9.17) is 5.14 Å². The third-order valence-corrected chi connectivity index (χ3v) is 1.39. The van der Waals surface area contributed by atoms with Gasteiger partial charge in [-0.25, -0.2) is 5.14 Å². The first-order chi connectivity index (χ1) is 5.64. The number of hydrogen-bond acceptors (Lipinski definition) is 2. The molecule has 0 bridgehead atoms. The number of hydrogen-bond donors (Lipinski definition) is 3. The zero-order valence-electron chi connectivity index (χ0n) is 8.25. The summed E-state index contributed by atoms with van der Waals surface area (Å²) in [6.07, 6.45) is 0. The molecule has 0 aliphatic heterocycles. The molecular formula is C6H16N4O2S. The van der Waals surface area contributed by atoms with Gasteiger partial charge in [0, 0.05) is 12.6 Å². The summed E-state index contributed by atoms with van der Waals surface area (Å²) in [5.41, 5.74) is -0.271. The van der Waals surface area contributed by atoms with Crippen LogP contribution in [0.5, 0.6) is 0 Å². The van der Waals surface area contributed by atoms with Gasteiger partial charge in [-0.1, -0.05) is 0 Å². The number of guanidine groups is 1. The van der Waals surface area contributed by atoms with Crippen LogP contribution in [-0.2, 0) is 10.2 Å². The first kappa shape index (κ1) is 12.2. The minimum Gasteiger partial charge on any atom is -0.359 e. The van der Waals surface area contributed by atoms with Crippen molar-refractivity contribution in [1.29, 1.82) is 0 Å². The van der Waals surface area contributed by atoms with Gasteiger partial charge < -0.3 is 10.6 Å². The van der Waals surface area contributed by atoms with E-state index in [1.165, 1.54) is 0 Å². The molecular weight excluding hydrogens is 192 g/mol. The van der Waals surface area contributed by atoms with Crippen LogP contribution >= 0.6 is 0 Å². The molecule has 13 heavy (non-hydrogen) atoms. The van der Waals surface area contributed by atoms with Crippen molar-refractivity contribution in [3.8, 4) is 0 Å². The number of nitrogens with zero attached hydrogens (tertiary/aromatic N) is 1. The van der Waals surface area contributed by atoms with Gasteiger partial charge in [0.05, 0.1) is 0 Å². The Bertz CT molecular complexity index is 288. The van der Waals surface area contributed by atoms with Crippen molar-refractivity contribution >= 4 is 16.2 Å². The highest BCUT2D eigenvalue weighted by atomic mass is 32.2. The number of rotatable bonds is 1. The van der Waals surface area contributed by atoms with Crippen LogP contribution in [0.1, 0.15) is 20.8 Å². The second-order valence-electron chi connectivity index (χ2n) is 3.58. The topological polar surface area (TPSA) is 96.6 Å². The average molecular weight is 208 g/mol. The molecule has 6 nitrogen and oxygen atoms in total. The predicted octanol–water partition coefficient (Wildman–Crippen LogP) is -0.847. The van der Waals surface area contributed by atoms with Crippen molar-refractivity contribution < 1.29 is 8.42 Å². The standard InChI is InChI=1S/C6H16N4O2S/c1-6(2,3)9-5(8-4)10-13(7,11)12/h1-4H3,(H2,7,11,12)(H2,8,9,10). The van der Waals surface area contributed by atoms with E-state index in [-0.39, 0.29) is 11.5 Å². The molecule has 0 unspecified atom stereocenters. The predicted molar refractivity (Wildman–Crippen MR) is 52.5 cm³/mol. The highest BCUT2D eigenvalue weighted by Gasteiger charge is 2.12. The van der Waals surface area contributed by atoms with Gasteiger partial charge in [0.2, 0.25) is 5.96 Å². The Balaban J connectivity index is 4.64. The van der Waals surface area contributed by atoms with Crippen LogP contribution in [0.4, 0.5) is 0 Å². The summed E-state index contributed by atoms with van der Waals surface area (Å²) in [5.74, 6) is 0.134. The molecule has 0 rings (SSSR count). The molecule has 0 aliphatic carbocycles. The van der Waals surface area contributed by atoms with Gasteiger partial charge in [0.15, 0.2) is 0 Å². The summed E-state index contributed by atoms with van der Waals surface area (Å²) in [6, 6.07) is 0. The largest absolute Gasteiger partial charge is 0.359 e. The molecule has 4 N–H and O–H groups in total. The molecule has 0 aliphatic rings. The Labute approximate surface area is 78.8 Å². The summed E-state index contributed by atoms with van der Waals surface area (Å²) in [6.45, 7) is 5.63. The van der Waals surface area contributed by atoms with Crippen molar-refractivity contribution in [1.82, 2.24) is 10.6 Å². The molecule has 0 fully saturated rings. The highest BCUT2D eigenvalue weighted by Crippen LogP contribution is 1.97. The summed E-state index contributed by atoms with van der Waals surface area (Å²) in [5, 5.41) is 10.2. The number of nitrogens with one attached hydrogen (secondary N) is 2. The van der Waals surface area contributed by atoms with E-state index in [1.807, 2.05) is 20.8 Å². The summed E-state index contributed by atoms with van der Waals surface area (Å²) >= 11 is 0. The molecule has 0 aromatic heterocycles. The molecule has 0 saturated carbocycles. The van der Waals surface area contributed by atoms with Gasteiger partial charge in [-0.15, -0.1) is 4.40 Å². The molecule has 0 aromatic rings. The maximum atomic E-state index is 10.6. The van der Waals surface area contributed by atoms with Crippen LogP contribution in [0, 0.1) is 0 Å². The van der Waals surface area contributed by atoms with E-state index >= 15 is 0 Å². The average Bonchev–Trinajstić information content (AvgIpc) is 1.79. The second-order valence-corrected chi connectivity index (χ2v) is 4.79. The van der Waals surface area contributed by atoms with Crippen molar-refractivity contribution in [2.24, 2.45) is 9.54 Å². The molecule has 0 saturated heterocycles. The summed E-state index contributed by atoms with van der Waals surface area (Å²) in [7, 11) is -2.29. The fourth-order valence-corrected chi connectivity index (χ4v) is 1.00. The lowest BCUT2D eigenvalue weighted by molar-refractivity contribution is 0.505. The Morgan fingerprint density at radius 1 is 1.38 bits per heavy atom. The summed E-state index contributed by atoms with van der Waals surface area (Å²) in [4.78, 5) is 0. The maximum absolute atomic E-state index is 10.6. The van der Waals surface area contributed by atoms with Crippen molar-refractivity contribution in [3.05, 3.63) is 0 Å². The monoisotopic (exact) mass is 208 g/mol. The van der Waals surface area contributed by atoms with Crippen LogP contribution in [-0.4, -0.2) is 27.0 Å². The van der Waals surface area contributed by atoms with Crippen LogP contribution in [0.2, 0.25) is 0 Å². The van der Waals surface area contributed by atoms with E-state index < -0.39 is 10.2 Å². The lowest BCUT2D eigenvalue weighted by Crippen LogP contribution is -2.47. The normalized spacial score (nSPS) is 14.1. The zero-order chi connectivity index (χ0) is 10.7. The van der Waals surface area contributed by atoms with Gasteiger partial charge >= 0.3 is 10.2 Å². The van der Waals surface area contributed by atoms with Crippen molar-refractivity contribution in [2.75, 3.05) is 7.05 Å². The lowest BCUT2D eigenvalue weighted by atomic mass is 10.1. The summed E-state index contributed by atoms with van der Waals surface area (Å²) < 4.78 is 24.5. The Morgan fingerprint density at radius 2 is 1.85 bits per heavy atom. The molecule has 7 heteroatoms. The smallest absolute Gasteiger partial charge is 0.320 e. The number of nitrogens with two attached hydrogens (primary N) is 1. The van der Waals surface area contributed by atoms with E-state index in [0.29, 0.717) is 0 Å². The third-order valence-electron chi connectivity index (χ3n) is 0.949. The fourth-order valence-electron chi connectivity index (χ4n) is 0.613. The van der Waals surface area contributed by atoms with Crippen LogP contribution in [0.25, 0.3) is 0 Å². The molecule has 78 valence electrons. The van der Waals surface area contributed by atoms with E-state index in [1.54, 1.807) is 7.05 Å². The Morgan fingerprint density at radius 3 is 2.08 bits per heavy atom. The third kappa shape index (κ3) is 7.54. The van der Waals surface area contributed by atoms with E-state index in [2.05, 4.69) is 15.0 Å². The second kappa shape index (κ2) is 3.93. The van der Waals surface area contributed by atoms with E-state index in [9.17, 15) is 8.42 Å². The van der Waals surface area contributed by atoms with Crippen LogP contribution in [0.3, 0.4) is 0 Å². The quantitative estimate of drug-likeness (QED) is 0.386. The van der Waals surface area contributed by atoms with Crippen molar-refractivity contribution in [2.45, 2.75) is 26.3 Å². The SMILES string of the molecule is CN/C(=N\S(N)(=O)=O)NC(C)(C)C. The first-order valence-corrected chi connectivity index (χ1v) is 5.23. The Kier molecular flexibility index (Phi) is 3.68. The molecule has 0 amide bonds. The van der Waals surface area contributed by atoms with Crippen LogP contribution < -0.4 is 15.8 Å². The van der Waals surface area contributed by atoms with Gasteiger partial charge in [0.25, 0.3) is 0 Å². The van der Waals surface area contributed by atoms with Gasteiger partial charge in [0.1, 0.15) is 0 Å². The van der Waals surface area contributed by atoms with Gasteiger partial charge in [-0.2, -0.15) is 8.42 Å². The minimum atomic E-state index is -3.84. The highest BCUT2D eigenvalue weighted by molar-refractivity contribution is 7.88. The molecule has 0 radical (unpaired) electrons. The Hall–Kier alpha value is -0.820. The van der Waals surface area contributed by atoms with Gasteiger partial charge in [-0.3, -0.25) is 0 Å². The van der Waals surface area contributed by atoms with Crippen LogP contribution in [0.15, 0.2) is 4.40 Å². The lowest BCUT2D eigenvalue weighted by Gasteiger charge is -2.22. The zero-order valence-corrected chi connectivity index (χ0v) is 9.07. The molecule has 0 spiro atoms. The van der Waals surface area contributed by atoms with E-state index in [0.717, 1.165) is 0 Å². The molecule has 0 atom stereocenters. The molecule has 0 aromatic carbocycles.